The summed E-state index contributed by atoms with van der Waals surface area (Å²) < 4.78 is 14.0. The van der Waals surface area contributed by atoms with E-state index in [1.807, 2.05) is 6.07 Å². The predicted molar refractivity (Wildman–Crippen MR) is 77.2 cm³/mol. The first-order valence-corrected chi connectivity index (χ1v) is 7.67. The molecule has 0 heterocycles. The molecule has 1 aliphatic rings. The van der Waals surface area contributed by atoms with E-state index in [0.717, 1.165) is 17.4 Å². The summed E-state index contributed by atoms with van der Waals surface area (Å²) in [4.78, 5) is 0. The van der Waals surface area contributed by atoms with Crippen LogP contribution in [0.1, 0.15) is 38.2 Å². The molecule has 1 aromatic rings. The first-order chi connectivity index (χ1) is 8.70. The Bertz CT molecular complexity index is 394. The standard InChI is InChI=1S/C15H21BrFN/c1-2-8-18-15-5-3-4-12(15)9-11-6-7-13(17)10-14(11)16/h6-7,10,12,15,18H,2-5,8-9H2,1H3. The van der Waals surface area contributed by atoms with Crippen LogP contribution < -0.4 is 5.32 Å². The van der Waals surface area contributed by atoms with E-state index >= 15 is 0 Å². The fourth-order valence-electron chi connectivity index (χ4n) is 2.85. The third-order valence-electron chi connectivity index (χ3n) is 3.81. The number of nitrogens with one attached hydrogen (secondary N) is 1. The SMILES string of the molecule is CCCNC1CCCC1Cc1ccc(F)cc1Br. The lowest BCUT2D eigenvalue weighted by molar-refractivity contribution is 0.398. The van der Waals surface area contributed by atoms with E-state index in [1.165, 1.54) is 31.2 Å². The summed E-state index contributed by atoms with van der Waals surface area (Å²) in [6.45, 7) is 3.30. The fourth-order valence-corrected chi connectivity index (χ4v) is 3.36. The highest BCUT2D eigenvalue weighted by molar-refractivity contribution is 9.10. The van der Waals surface area contributed by atoms with Crippen molar-refractivity contribution in [3.63, 3.8) is 0 Å². The summed E-state index contributed by atoms with van der Waals surface area (Å²) in [5.41, 5.74) is 1.23. The van der Waals surface area contributed by atoms with Crippen LogP contribution in [0.3, 0.4) is 0 Å². The summed E-state index contributed by atoms with van der Waals surface area (Å²) in [6.07, 6.45) is 6.10. The minimum atomic E-state index is -0.169. The highest BCUT2D eigenvalue weighted by atomic mass is 79.9. The van der Waals surface area contributed by atoms with Crippen LogP contribution in [0.15, 0.2) is 22.7 Å². The molecule has 2 atom stereocenters. The Hall–Kier alpha value is -0.410. The summed E-state index contributed by atoms with van der Waals surface area (Å²) >= 11 is 3.47. The lowest BCUT2D eigenvalue weighted by Gasteiger charge is -2.21. The molecule has 3 heteroatoms. The third kappa shape index (κ3) is 3.55. The van der Waals surface area contributed by atoms with Crippen molar-refractivity contribution < 1.29 is 4.39 Å². The predicted octanol–water partition coefficient (Wildman–Crippen LogP) is 4.30. The second-order valence-electron chi connectivity index (χ2n) is 5.19. The smallest absolute Gasteiger partial charge is 0.124 e. The highest BCUT2D eigenvalue weighted by Crippen LogP contribution is 2.31. The van der Waals surface area contributed by atoms with E-state index in [0.29, 0.717) is 12.0 Å². The van der Waals surface area contributed by atoms with Gasteiger partial charge >= 0.3 is 0 Å². The molecular weight excluding hydrogens is 293 g/mol. The molecule has 1 aliphatic carbocycles. The zero-order chi connectivity index (χ0) is 13.0. The molecule has 1 nitrogen and oxygen atoms in total. The third-order valence-corrected chi connectivity index (χ3v) is 4.55. The van der Waals surface area contributed by atoms with Gasteiger partial charge in [-0.3, -0.25) is 0 Å². The van der Waals surface area contributed by atoms with Gasteiger partial charge in [0.15, 0.2) is 0 Å². The Kier molecular flexibility index (Phi) is 5.19. The van der Waals surface area contributed by atoms with Gasteiger partial charge in [0, 0.05) is 10.5 Å². The Labute approximate surface area is 117 Å². The van der Waals surface area contributed by atoms with Gasteiger partial charge in [0.1, 0.15) is 5.82 Å². The lowest BCUT2D eigenvalue weighted by atomic mass is 9.94. The molecule has 1 aromatic carbocycles. The van der Waals surface area contributed by atoms with Gasteiger partial charge in [0.2, 0.25) is 0 Å². The van der Waals surface area contributed by atoms with Crippen molar-refractivity contribution in [1.29, 1.82) is 0 Å². The quantitative estimate of drug-likeness (QED) is 0.854. The number of rotatable bonds is 5. The minimum Gasteiger partial charge on any atom is -0.314 e. The molecule has 0 aromatic heterocycles. The van der Waals surface area contributed by atoms with Gasteiger partial charge in [0.25, 0.3) is 0 Å². The van der Waals surface area contributed by atoms with Crippen LogP contribution in [0.25, 0.3) is 0 Å². The lowest BCUT2D eigenvalue weighted by Crippen LogP contribution is -2.33. The Balaban J connectivity index is 1.99. The molecule has 0 radical (unpaired) electrons. The van der Waals surface area contributed by atoms with Crippen molar-refractivity contribution in [3.8, 4) is 0 Å². The molecule has 18 heavy (non-hydrogen) atoms. The molecule has 1 saturated carbocycles. The highest BCUT2D eigenvalue weighted by Gasteiger charge is 2.27. The van der Waals surface area contributed by atoms with Gasteiger partial charge in [-0.1, -0.05) is 35.3 Å². The van der Waals surface area contributed by atoms with Crippen LogP contribution in [-0.2, 0) is 6.42 Å². The maximum absolute atomic E-state index is 13.1. The van der Waals surface area contributed by atoms with Crippen LogP contribution in [0, 0.1) is 11.7 Å². The summed E-state index contributed by atoms with van der Waals surface area (Å²) in [5, 5.41) is 3.64. The Morgan fingerprint density at radius 3 is 2.94 bits per heavy atom. The second-order valence-corrected chi connectivity index (χ2v) is 6.05. The van der Waals surface area contributed by atoms with E-state index in [2.05, 4.69) is 28.2 Å². The van der Waals surface area contributed by atoms with Crippen molar-refractivity contribution in [1.82, 2.24) is 5.32 Å². The van der Waals surface area contributed by atoms with Crippen molar-refractivity contribution in [2.75, 3.05) is 6.54 Å². The van der Waals surface area contributed by atoms with Crippen LogP contribution in [0.2, 0.25) is 0 Å². The van der Waals surface area contributed by atoms with E-state index < -0.39 is 0 Å². The van der Waals surface area contributed by atoms with Crippen LogP contribution in [0.5, 0.6) is 0 Å². The molecule has 1 N–H and O–H groups in total. The number of benzene rings is 1. The molecule has 0 saturated heterocycles. The van der Waals surface area contributed by atoms with Crippen molar-refractivity contribution in [3.05, 3.63) is 34.1 Å². The zero-order valence-corrected chi connectivity index (χ0v) is 12.5. The van der Waals surface area contributed by atoms with Gasteiger partial charge in [-0.15, -0.1) is 0 Å². The van der Waals surface area contributed by atoms with Crippen molar-refractivity contribution in [2.24, 2.45) is 5.92 Å². The molecule has 100 valence electrons. The average Bonchev–Trinajstić information content (AvgIpc) is 2.77. The van der Waals surface area contributed by atoms with Crippen molar-refractivity contribution >= 4 is 15.9 Å². The summed E-state index contributed by atoms with van der Waals surface area (Å²) in [5.74, 6) is 0.524. The van der Waals surface area contributed by atoms with Crippen LogP contribution in [-0.4, -0.2) is 12.6 Å². The van der Waals surface area contributed by atoms with Gasteiger partial charge < -0.3 is 5.32 Å². The normalized spacial score (nSPS) is 23.5. The summed E-state index contributed by atoms with van der Waals surface area (Å²) in [6, 6.07) is 5.68. The molecule has 2 unspecified atom stereocenters. The molecule has 1 fully saturated rings. The van der Waals surface area contributed by atoms with Crippen molar-refractivity contribution in [2.45, 2.75) is 45.1 Å². The van der Waals surface area contributed by atoms with Gasteiger partial charge in [0.05, 0.1) is 0 Å². The zero-order valence-electron chi connectivity index (χ0n) is 10.9. The van der Waals surface area contributed by atoms with E-state index in [9.17, 15) is 4.39 Å². The average molecular weight is 314 g/mol. The summed E-state index contributed by atoms with van der Waals surface area (Å²) in [7, 11) is 0. The van der Waals surface area contributed by atoms with E-state index in [-0.39, 0.29) is 5.82 Å². The first-order valence-electron chi connectivity index (χ1n) is 6.88. The van der Waals surface area contributed by atoms with E-state index in [1.54, 1.807) is 12.1 Å². The minimum absolute atomic E-state index is 0.169. The van der Waals surface area contributed by atoms with Crippen LogP contribution in [0.4, 0.5) is 4.39 Å². The molecular formula is C15H21BrFN. The molecule has 0 spiro atoms. The topological polar surface area (TPSA) is 12.0 Å². The largest absolute Gasteiger partial charge is 0.314 e. The Morgan fingerprint density at radius 1 is 1.39 bits per heavy atom. The maximum atomic E-state index is 13.1. The number of hydrogen-bond acceptors (Lipinski definition) is 1. The first kappa shape index (κ1) is 14.0. The molecule has 0 aliphatic heterocycles. The maximum Gasteiger partial charge on any atom is 0.124 e. The number of hydrogen-bond donors (Lipinski definition) is 1. The van der Waals surface area contributed by atoms with Gasteiger partial charge in [-0.05, 0) is 55.8 Å². The second kappa shape index (κ2) is 6.67. The van der Waals surface area contributed by atoms with E-state index in [4.69, 9.17) is 0 Å². The Morgan fingerprint density at radius 2 is 2.22 bits per heavy atom. The fraction of sp³-hybridized carbons (Fsp3) is 0.600. The van der Waals surface area contributed by atoms with Crippen LogP contribution >= 0.6 is 15.9 Å². The molecule has 0 bridgehead atoms. The molecule has 2 rings (SSSR count). The van der Waals surface area contributed by atoms with Gasteiger partial charge in [-0.25, -0.2) is 4.39 Å². The monoisotopic (exact) mass is 313 g/mol. The van der Waals surface area contributed by atoms with Gasteiger partial charge in [-0.2, -0.15) is 0 Å². The molecule has 0 amide bonds. The number of halogens is 2.